The highest BCUT2D eigenvalue weighted by molar-refractivity contribution is 5.91. The minimum absolute atomic E-state index is 0.0918. The highest BCUT2D eigenvalue weighted by Gasteiger charge is 2.40. The number of hydrogen-bond acceptors (Lipinski definition) is 5. The van der Waals surface area contributed by atoms with Crippen LogP contribution in [0.4, 0.5) is 19.3 Å². The van der Waals surface area contributed by atoms with E-state index in [4.69, 9.17) is 9.72 Å². The first-order chi connectivity index (χ1) is 17.6. The first-order valence-electron chi connectivity index (χ1n) is 12.5. The molecule has 2 atom stereocenters. The van der Waals surface area contributed by atoms with Gasteiger partial charge in [-0.3, -0.25) is 5.10 Å². The average molecular weight is 512 g/mol. The number of ether oxygens (including phenoxy) is 1. The lowest BCUT2D eigenvalue weighted by molar-refractivity contribution is 0.0846. The number of H-pyrrole nitrogens is 1. The highest BCUT2D eigenvalue weighted by Crippen LogP contribution is 2.43. The number of aryl methyl sites for hydroxylation is 1. The van der Waals surface area contributed by atoms with E-state index in [-0.39, 0.29) is 12.3 Å². The quantitative estimate of drug-likeness (QED) is 0.400. The molecule has 5 rings (SSSR count). The number of aliphatic hydroxyl groups excluding tert-OH is 1. The number of amides is 2. The minimum Gasteiger partial charge on any atom is -0.391 e. The molecule has 3 aromatic rings. The Morgan fingerprint density at radius 3 is 2.62 bits per heavy atom. The van der Waals surface area contributed by atoms with Crippen molar-refractivity contribution in [3.8, 4) is 11.3 Å². The lowest BCUT2D eigenvalue weighted by Gasteiger charge is -2.40. The van der Waals surface area contributed by atoms with Crippen molar-refractivity contribution in [2.75, 3.05) is 18.5 Å². The molecule has 4 N–H and O–H groups in total. The number of aromatic amines is 1. The molecule has 3 heterocycles. The zero-order chi connectivity index (χ0) is 26.3. The zero-order valence-corrected chi connectivity index (χ0v) is 21.1. The minimum atomic E-state index is -1.02. The number of aromatic nitrogens is 3. The number of pyridine rings is 1. The fourth-order valence-electron chi connectivity index (χ4n) is 5.52. The van der Waals surface area contributed by atoms with Gasteiger partial charge in [-0.2, -0.15) is 5.10 Å². The first-order valence-corrected chi connectivity index (χ1v) is 12.5. The van der Waals surface area contributed by atoms with Crippen LogP contribution in [0.25, 0.3) is 11.3 Å². The maximum atomic E-state index is 14.2. The second-order valence-corrected chi connectivity index (χ2v) is 10.5. The van der Waals surface area contributed by atoms with E-state index in [1.165, 1.54) is 0 Å². The number of carbonyl (C=O) groups excluding carboxylic acids is 1. The summed E-state index contributed by atoms with van der Waals surface area (Å²) in [7, 11) is 0. The summed E-state index contributed by atoms with van der Waals surface area (Å²) in [5.74, 6) is -1.88. The monoisotopic (exact) mass is 511 g/mol. The summed E-state index contributed by atoms with van der Waals surface area (Å²) in [5.41, 5.74) is 4.13. The van der Waals surface area contributed by atoms with Crippen LogP contribution in [-0.2, 0) is 10.2 Å². The van der Waals surface area contributed by atoms with Gasteiger partial charge in [0.15, 0.2) is 11.6 Å². The van der Waals surface area contributed by atoms with Gasteiger partial charge in [-0.15, -0.1) is 0 Å². The summed E-state index contributed by atoms with van der Waals surface area (Å²) in [6.07, 6.45) is 4.32. The number of aliphatic hydroxyl groups is 1. The largest absolute Gasteiger partial charge is 0.391 e. The Morgan fingerprint density at radius 1 is 1.19 bits per heavy atom. The summed E-state index contributed by atoms with van der Waals surface area (Å²) in [5, 5.41) is 23.4. The third-order valence-corrected chi connectivity index (χ3v) is 7.42. The van der Waals surface area contributed by atoms with Crippen molar-refractivity contribution in [2.24, 2.45) is 0 Å². The maximum absolute atomic E-state index is 14.2. The van der Waals surface area contributed by atoms with Crippen molar-refractivity contribution in [1.82, 2.24) is 20.5 Å². The number of nitrogens with one attached hydrogen (secondary N) is 3. The third kappa shape index (κ3) is 4.95. The van der Waals surface area contributed by atoms with Gasteiger partial charge in [-0.25, -0.2) is 18.6 Å². The molecule has 0 bridgehead atoms. The molecular weight excluding hydrogens is 480 g/mol. The van der Waals surface area contributed by atoms with Crippen LogP contribution in [0.2, 0.25) is 0 Å². The normalized spacial score (nSPS) is 21.4. The van der Waals surface area contributed by atoms with Crippen molar-refractivity contribution < 1.29 is 23.4 Å². The smallest absolute Gasteiger partial charge is 0.319 e. The van der Waals surface area contributed by atoms with E-state index >= 15 is 0 Å². The molecule has 1 aliphatic carbocycles. The Hall–Kier alpha value is -3.37. The van der Waals surface area contributed by atoms with Crippen molar-refractivity contribution >= 4 is 11.7 Å². The lowest BCUT2D eigenvalue weighted by atomic mass is 9.69. The summed E-state index contributed by atoms with van der Waals surface area (Å²) in [4.78, 5) is 18.2. The van der Waals surface area contributed by atoms with Gasteiger partial charge >= 0.3 is 6.03 Å². The number of carbonyl (C=O) groups is 1. The third-order valence-electron chi connectivity index (χ3n) is 7.42. The van der Waals surface area contributed by atoms with Crippen molar-refractivity contribution in [1.29, 1.82) is 0 Å². The van der Waals surface area contributed by atoms with Crippen LogP contribution in [0.5, 0.6) is 0 Å². The van der Waals surface area contributed by atoms with Crippen molar-refractivity contribution in [3.63, 3.8) is 0 Å². The number of urea groups is 1. The molecule has 2 aromatic heterocycles. The predicted octanol–water partition coefficient (Wildman–Crippen LogP) is 4.86. The fraction of sp³-hybridized carbons (Fsp3) is 0.444. The summed E-state index contributed by atoms with van der Waals surface area (Å²) in [6.45, 7) is 6.84. The number of anilines is 1. The molecule has 0 unspecified atom stereocenters. The van der Waals surface area contributed by atoms with Gasteiger partial charge in [-0.05, 0) is 66.5 Å². The number of halogens is 2. The molecule has 1 aliphatic heterocycles. The molecule has 2 aliphatic rings. The van der Waals surface area contributed by atoms with E-state index in [0.717, 1.165) is 47.5 Å². The van der Waals surface area contributed by atoms with E-state index in [2.05, 4.69) is 20.8 Å². The van der Waals surface area contributed by atoms with Gasteiger partial charge in [0.05, 0.1) is 35.4 Å². The SMILES string of the molecule is Cc1cc(NC(=O)N[C@@H]2c3cc(F)c(F)cc3C(C)(C)C[C@H]2O)c(C2CCOCC2)nc1-c1cn[nH]c1. The summed E-state index contributed by atoms with van der Waals surface area (Å²) >= 11 is 0. The van der Waals surface area contributed by atoms with Crippen LogP contribution in [0.1, 0.15) is 67.5 Å². The van der Waals surface area contributed by atoms with Gasteiger partial charge in [0.25, 0.3) is 0 Å². The Kier molecular flexibility index (Phi) is 6.72. The van der Waals surface area contributed by atoms with Gasteiger partial charge in [0.2, 0.25) is 0 Å². The first kappa shape index (κ1) is 25.3. The van der Waals surface area contributed by atoms with Gasteiger partial charge in [0, 0.05) is 30.9 Å². The van der Waals surface area contributed by atoms with Crippen molar-refractivity contribution in [3.05, 3.63) is 64.6 Å². The van der Waals surface area contributed by atoms with Crippen molar-refractivity contribution in [2.45, 2.75) is 63.5 Å². The maximum Gasteiger partial charge on any atom is 0.319 e. The molecule has 1 saturated heterocycles. The van der Waals surface area contributed by atoms with E-state index < -0.39 is 35.2 Å². The van der Waals surface area contributed by atoms with Gasteiger partial charge in [-0.1, -0.05) is 13.8 Å². The number of nitrogens with zero attached hydrogens (tertiary/aromatic N) is 2. The second kappa shape index (κ2) is 9.83. The Labute approximate surface area is 213 Å². The number of hydrogen-bond donors (Lipinski definition) is 4. The predicted molar refractivity (Wildman–Crippen MR) is 134 cm³/mol. The van der Waals surface area contributed by atoms with E-state index in [9.17, 15) is 18.7 Å². The Bertz CT molecular complexity index is 1310. The second-order valence-electron chi connectivity index (χ2n) is 10.5. The summed E-state index contributed by atoms with van der Waals surface area (Å²) in [6, 6.07) is 2.64. The zero-order valence-electron chi connectivity index (χ0n) is 21.1. The fourth-order valence-corrected chi connectivity index (χ4v) is 5.52. The number of benzene rings is 1. The molecule has 0 saturated carbocycles. The van der Waals surface area contributed by atoms with Crippen LogP contribution in [-0.4, -0.2) is 45.6 Å². The molecule has 196 valence electrons. The van der Waals surface area contributed by atoms with E-state index in [1.807, 2.05) is 26.8 Å². The van der Waals surface area contributed by atoms with Gasteiger partial charge in [0.1, 0.15) is 0 Å². The Morgan fingerprint density at radius 2 is 1.92 bits per heavy atom. The number of rotatable bonds is 4. The molecular formula is C27H31F2N5O3. The van der Waals surface area contributed by atoms with Crippen LogP contribution < -0.4 is 10.6 Å². The molecule has 1 aromatic carbocycles. The lowest BCUT2D eigenvalue weighted by Crippen LogP contribution is -2.45. The molecule has 1 fully saturated rings. The molecule has 8 nitrogen and oxygen atoms in total. The average Bonchev–Trinajstić information content (AvgIpc) is 3.38. The van der Waals surface area contributed by atoms with Crippen LogP contribution >= 0.6 is 0 Å². The topological polar surface area (TPSA) is 112 Å². The molecule has 37 heavy (non-hydrogen) atoms. The molecule has 2 amide bonds. The Balaban J connectivity index is 1.45. The molecule has 10 heteroatoms. The summed E-state index contributed by atoms with van der Waals surface area (Å²) < 4.78 is 33.8. The standard InChI is InChI=1S/C27H31F2N5O3/c1-14-8-21(24(15-4-6-37-7-5-15)33-23(14)16-12-30-31-13-16)32-26(36)34-25-17-9-19(28)20(29)10-18(17)27(2,3)11-22(25)35/h8-10,12-13,15,22,25,35H,4-7,11H2,1-3H3,(H,30,31)(H2,32,34,36)/t22-,25-/m1/s1. The molecule has 0 radical (unpaired) electrons. The van der Waals surface area contributed by atoms with Gasteiger partial charge < -0.3 is 20.5 Å². The van der Waals surface area contributed by atoms with Crippen LogP contribution in [0.15, 0.2) is 30.6 Å². The van der Waals surface area contributed by atoms with E-state index in [0.29, 0.717) is 30.0 Å². The van der Waals surface area contributed by atoms with Crippen LogP contribution in [0.3, 0.4) is 0 Å². The van der Waals surface area contributed by atoms with E-state index in [1.54, 1.807) is 12.4 Å². The molecule has 0 spiro atoms. The van der Waals surface area contributed by atoms with Crippen LogP contribution in [0, 0.1) is 18.6 Å². The number of fused-ring (bicyclic) bond motifs is 1. The highest BCUT2D eigenvalue weighted by atomic mass is 19.2.